The van der Waals surface area contributed by atoms with E-state index in [2.05, 4.69) is 16.2 Å². The van der Waals surface area contributed by atoms with E-state index in [1.807, 2.05) is 4.19 Å². The molecule has 0 atom stereocenters. The van der Waals surface area contributed by atoms with Gasteiger partial charge >= 0.3 is 54.9 Å². The monoisotopic (exact) mass is 110 g/mol. The summed E-state index contributed by atoms with van der Waals surface area (Å²) in [6.45, 7) is 0. The van der Waals surface area contributed by atoms with Crippen LogP contribution in [0.4, 0.5) is 0 Å². The van der Waals surface area contributed by atoms with E-state index < -0.39 is 0 Å². The summed E-state index contributed by atoms with van der Waals surface area (Å²) in [5, 5.41) is 0. The molecule has 2 nitrogen and oxygen atoms in total. The van der Waals surface area contributed by atoms with Crippen molar-refractivity contribution >= 4 is 0 Å². The molecule has 0 saturated carbocycles. The molecular weight excluding hydrogens is 109 g/mol. The van der Waals surface area contributed by atoms with Gasteiger partial charge in [0.15, 0.2) is 0 Å². The third-order valence-electron chi connectivity index (χ3n) is 0. The fourth-order valence-electron chi connectivity index (χ4n) is 0. The summed E-state index contributed by atoms with van der Waals surface area (Å²) in [5.41, 5.74) is 0. The first kappa shape index (κ1) is 8.93. The van der Waals surface area contributed by atoms with Gasteiger partial charge in [0.1, 0.15) is 0 Å². The van der Waals surface area contributed by atoms with Crippen LogP contribution in [0.3, 0.4) is 0 Å². The summed E-state index contributed by atoms with van der Waals surface area (Å²) in [6.07, 6.45) is 0. The third kappa shape index (κ3) is 11.2. The number of hydrogen-bond acceptors (Lipinski definition) is 2. The first-order chi connectivity index (χ1) is 1.41. The van der Waals surface area contributed by atoms with Crippen molar-refractivity contribution in [2.24, 2.45) is 4.19 Å². The zero-order valence-electron chi connectivity index (χ0n) is 3.21. The zero-order valence-corrected chi connectivity index (χ0v) is 5.31. The van der Waals surface area contributed by atoms with Crippen LogP contribution in [0, 0.1) is 4.91 Å². The molecule has 0 amide bonds. The molecule has 0 aromatic carbocycles. The van der Waals surface area contributed by atoms with Gasteiger partial charge in [0.05, 0.1) is 0 Å². The average Bonchev–Trinajstić information content (AvgIpc) is 0.918. The Morgan fingerprint density at radius 2 is 2.00 bits per heavy atom. The van der Waals surface area contributed by atoms with Crippen molar-refractivity contribution in [3.05, 3.63) is 4.91 Å². The molecule has 0 fully saturated rings. The molecule has 0 N–H and O–H groups in total. The summed E-state index contributed by atoms with van der Waals surface area (Å²) in [6, 6.07) is 0. The molecule has 0 rings (SSSR count). The second-order valence-electron chi connectivity index (χ2n) is 0.0645. The molecule has 0 radical (unpaired) electrons. The van der Waals surface area contributed by atoms with Crippen molar-refractivity contribution in [1.82, 2.24) is 0 Å². The van der Waals surface area contributed by atoms with Crippen LogP contribution in [0.15, 0.2) is 4.19 Å². The smallest absolute Gasteiger partial charge is 1.00 e. The summed E-state index contributed by atoms with van der Waals surface area (Å²) in [5.74, 6) is 0. The minimum absolute atomic E-state index is 0. The van der Waals surface area contributed by atoms with Crippen molar-refractivity contribution in [2.75, 3.05) is 0 Å². The summed E-state index contributed by atoms with van der Waals surface area (Å²) < 4.78 is 2.00. The Hall–Kier alpha value is 1.12. The standard InChI is InChI=1S/Fe.NO.Na.H/c;1-2;;/q+1;-1;+1;-1. The Bertz CT molecular complexity index is 19.1. The van der Waals surface area contributed by atoms with Gasteiger partial charge in [-0.25, -0.2) is 0 Å². The second-order valence-corrected chi connectivity index (χ2v) is 0.266. The van der Waals surface area contributed by atoms with Gasteiger partial charge in [-0.1, -0.05) is 0 Å². The van der Waals surface area contributed by atoms with Gasteiger partial charge < -0.3 is 1.43 Å². The van der Waals surface area contributed by atoms with Crippen LogP contribution in [0.1, 0.15) is 1.43 Å². The molecule has 0 aromatic rings. The molecule has 0 bridgehead atoms. The molecule has 0 aromatic heterocycles. The van der Waals surface area contributed by atoms with Gasteiger partial charge in [0.2, 0.25) is 0 Å². The van der Waals surface area contributed by atoms with E-state index in [-0.39, 0.29) is 31.0 Å². The van der Waals surface area contributed by atoms with Crippen molar-refractivity contribution in [1.29, 1.82) is 0 Å². The Kier molecular flexibility index (Phi) is 19.9. The van der Waals surface area contributed by atoms with Gasteiger partial charge in [-0.2, -0.15) is 0 Å². The fraction of sp³-hybridized carbons (Fsp3) is 0. The Morgan fingerprint density at radius 3 is 2.00 bits per heavy atom. The van der Waals surface area contributed by atoms with Crippen LogP contribution in [0.5, 0.6) is 0 Å². The van der Waals surface area contributed by atoms with Gasteiger partial charge in [0.25, 0.3) is 0 Å². The summed E-state index contributed by atoms with van der Waals surface area (Å²) in [4.78, 5) is 8.44. The van der Waals surface area contributed by atoms with E-state index in [0.717, 1.165) is 0 Å². The van der Waals surface area contributed by atoms with Crippen molar-refractivity contribution in [3.8, 4) is 0 Å². The van der Waals surface area contributed by atoms with E-state index in [1.54, 1.807) is 0 Å². The molecule has 0 aliphatic rings. The molecule has 4 heavy (non-hydrogen) atoms. The molecule has 0 spiro atoms. The minimum Gasteiger partial charge on any atom is -1.00 e. The van der Waals surface area contributed by atoms with Gasteiger partial charge in [0, 0.05) is 0 Å². The van der Waals surface area contributed by atoms with Crippen LogP contribution in [0.2, 0.25) is 0 Å². The van der Waals surface area contributed by atoms with Crippen LogP contribution >= 0.6 is 0 Å². The van der Waals surface area contributed by atoms with Crippen LogP contribution in [-0.4, -0.2) is 0 Å². The minimum atomic E-state index is 0. The molecule has 21 valence electrons. The molecule has 0 aliphatic heterocycles. The maximum atomic E-state index is 8.44. The van der Waals surface area contributed by atoms with Crippen molar-refractivity contribution in [2.45, 2.75) is 0 Å². The second kappa shape index (κ2) is 8.92. The predicted molar refractivity (Wildman–Crippen MR) is 6.91 cm³/mol. The first-order valence-electron chi connectivity index (χ1n) is 0.341. The molecule has 0 heterocycles. The third-order valence-corrected chi connectivity index (χ3v) is 0. The summed E-state index contributed by atoms with van der Waals surface area (Å²) in [7, 11) is 0. The van der Waals surface area contributed by atoms with E-state index in [9.17, 15) is 0 Å². The predicted octanol–water partition coefficient (Wildman–Crippen LogP) is -2.67. The van der Waals surface area contributed by atoms with E-state index in [1.165, 1.54) is 0 Å². The Morgan fingerprint density at radius 1 is 2.00 bits per heavy atom. The number of nitroso groups, excluding NO2 is 1. The normalized spacial score (nSPS) is 3.25. The van der Waals surface area contributed by atoms with Crippen molar-refractivity contribution < 1.29 is 47.2 Å². The topological polar surface area (TPSA) is 29.4 Å². The van der Waals surface area contributed by atoms with Gasteiger partial charge in [-0.3, -0.25) is 0 Å². The van der Waals surface area contributed by atoms with E-state index >= 15 is 0 Å². The Labute approximate surface area is 56.1 Å². The number of rotatable bonds is 0. The van der Waals surface area contributed by atoms with Crippen LogP contribution < -0.4 is 29.6 Å². The summed E-state index contributed by atoms with van der Waals surface area (Å²) >= 11 is 2.56. The quantitative estimate of drug-likeness (QED) is 0.247. The molecular formula is HFeNNaO. The van der Waals surface area contributed by atoms with Crippen LogP contribution in [0.25, 0.3) is 0 Å². The first-order valence-corrected chi connectivity index (χ1v) is 0.834. The SMILES string of the molecule is O=[N][Fe].[H-].[Na+]. The molecule has 0 saturated heterocycles. The van der Waals surface area contributed by atoms with E-state index in [0.29, 0.717) is 0 Å². The maximum absolute atomic E-state index is 8.44. The number of hydrogen-bond donors (Lipinski definition) is 0. The zero-order chi connectivity index (χ0) is 2.71. The van der Waals surface area contributed by atoms with Gasteiger partial charge in [-0.05, 0) is 0 Å². The van der Waals surface area contributed by atoms with E-state index in [4.69, 9.17) is 4.91 Å². The molecule has 0 aliphatic carbocycles. The number of nitrogens with zero attached hydrogens (tertiary/aromatic N) is 1. The van der Waals surface area contributed by atoms with Crippen molar-refractivity contribution in [3.63, 3.8) is 0 Å². The van der Waals surface area contributed by atoms with Gasteiger partial charge in [-0.15, -0.1) is 0 Å². The maximum Gasteiger partial charge on any atom is 1.00 e. The largest absolute Gasteiger partial charge is 1.00 e. The molecule has 4 heteroatoms. The van der Waals surface area contributed by atoms with Crippen LogP contribution in [-0.2, 0) is 16.2 Å². The fourth-order valence-corrected chi connectivity index (χ4v) is 0. The Balaban J connectivity index is -0.0000000200. The average molecular weight is 110 g/mol. The molecule has 0 unspecified atom stereocenters.